The summed E-state index contributed by atoms with van der Waals surface area (Å²) in [4.78, 5) is 29.6. The maximum atomic E-state index is 12.8. The van der Waals surface area contributed by atoms with E-state index in [1.54, 1.807) is 18.2 Å². The van der Waals surface area contributed by atoms with Gasteiger partial charge in [0.1, 0.15) is 0 Å². The predicted molar refractivity (Wildman–Crippen MR) is 114 cm³/mol. The number of nitrogens with one attached hydrogen (secondary N) is 1. The van der Waals surface area contributed by atoms with Crippen molar-refractivity contribution >= 4 is 40.7 Å². The van der Waals surface area contributed by atoms with Gasteiger partial charge in [0.15, 0.2) is 0 Å². The van der Waals surface area contributed by atoms with Crippen molar-refractivity contribution in [2.75, 3.05) is 31.5 Å². The van der Waals surface area contributed by atoms with Crippen LogP contribution in [0.5, 0.6) is 0 Å². The quantitative estimate of drug-likeness (QED) is 0.775. The zero-order chi connectivity index (χ0) is 20.1. The van der Waals surface area contributed by atoms with Crippen LogP contribution < -0.4 is 5.32 Å². The van der Waals surface area contributed by atoms with Gasteiger partial charge >= 0.3 is 0 Å². The molecule has 5 nitrogen and oxygen atoms in total. The first-order valence-corrected chi connectivity index (χ1v) is 11.0. The molecule has 7 heteroatoms. The standard InChI is InChI=1S/C21H29Cl2N3O2/c1-15(20(27)24-17-6-7-18(22)19(23)14-17)25-12-8-16(9-13-25)21(28)26-10-4-2-3-5-11-26/h6-7,14-16H,2-5,8-13H2,1H3,(H,24,27). The maximum absolute atomic E-state index is 12.8. The number of likely N-dealkylation sites (tertiary alicyclic amines) is 2. The minimum Gasteiger partial charge on any atom is -0.342 e. The number of carbonyl (C=O) groups is 2. The zero-order valence-electron chi connectivity index (χ0n) is 16.4. The van der Waals surface area contributed by atoms with E-state index < -0.39 is 0 Å². The Hall–Kier alpha value is -1.30. The van der Waals surface area contributed by atoms with Gasteiger partial charge < -0.3 is 10.2 Å². The molecular weight excluding hydrogens is 397 g/mol. The van der Waals surface area contributed by atoms with Gasteiger partial charge in [0.05, 0.1) is 16.1 Å². The SMILES string of the molecule is CC(C(=O)Nc1ccc(Cl)c(Cl)c1)N1CCC(C(=O)N2CCCCCC2)CC1. The Morgan fingerprint density at radius 2 is 1.64 bits per heavy atom. The molecular formula is C21H29Cl2N3O2. The molecule has 1 unspecified atom stereocenters. The highest BCUT2D eigenvalue weighted by Crippen LogP contribution is 2.26. The number of amides is 2. The first kappa shape index (κ1) is 21.4. The third kappa shape index (κ3) is 5.40. The van der Waals surface area contributed by atoms with Crippen LogP contribution in [-0.4, -0.2) is 53.8 Å². The molecule has 3 rings (SSSR count). The predicted octanol–water partition coefficient (Wildman–Crippen LogP) is 4.44. The fourth-order valence-corrected chi connectivity index (χ4v) is 4.37. The molecule has 2 amide bonds. The van der Waals surface area contributed by atoms with E-state index in [9.17, 15) is 9.59 Å². The van der Waals surface area contributed by atoms with Crippen LogP contribution in [0.4, 0.5) is 5.69 Å². The summed E-state index contributed by atoms with van der Waals surface area (Å²) in [6.45, 7) is 5.24. The number of hydrogen-bond donors (Lipinski definition) is 1. The second-order valence-corrected chi connectivity index (χ2v) is 8.66. The van der Waals surface area contributed by atoms with E-state index in [2.05, 4.69) is 15.1 Å². The van der Waals surface area contributed by atoms with Crippen molar-refractivity contribution < 1.29 is 9.59 Å². The van der Waals surface area contributed by atoms with Crippen LogP contribution in [0, 0.1) is 5.92 Å². The number of nitrogens with zero attached hydrogens (tertiary/aromatic N) is 2. The highest BCUT2D eigenvalue weighted by atomic mass is 35.5. The average molecular weight is 426 g/mol. The Morgan fingerprint density at radius 1 is 1.00 bits per heavy atom. The summed E-state index contributed by atoms with van der Waals surface area (Å²) in [5.74, 6) is 0.338. The first-order chi connectivity index (χ1) is 13.5. The Morgan fingerprint density at radius 3 is 2.25 bits per heavy atom. The molecule has 154 valence electrons. The van der Waals surface area contributed by atoms with Gasteiger partial charge in [-0.2, -0.15) is 0 Å². The largest absolute Gasteiger partial charge is 0.342 e. The average Bonchev–Trinajstić information content (AvgIpc) is 2.99. The van der Waals surface area contributed by atoms with Gasteiger partial charge in [-0.15, -0.1) is 0 Å². The molecule has 2 saturated heterocycles. The Kier molecular flexibility index (Phi) is 7.61. The van der Waals surface area contributed by atoms with Gasteiger partial charge in [-0.25, -0.2) is 0 Å². The number of piperidine rings is 1. The van der Waals surface area contributed by atoms with E-state index in [1.807, 2.05) is 6.92 Å². The van der Waals surface area contributed by atoms with E-state index in [0.29, 0.717) is 21.6 Å². The molecule has 0 bridgehead atoms. The minimum absolute atomic E-state index is 0.0734. The van der Waals surface area contributed by atoms with Gasteiger partial charge in [0, 0.05) is 24.7 Å². The lowest BCUT2D eigenvalue weighted by atomic mass is 9.94. The number of carbonyl (C=O) groups excluding carboxylic acids is 2. The molecule has 1 aromatic rings. The second-order valence-electron chi connectivity index (χ2n) is 7.84. The van der Waals surface area contributed by atoms with E-state index in [0.717, 1.165) is 51.9 Å². The van der Waals surface area contributed by atoms with Crippen molar-refractivity contribution in [2.24, 2.45) is 5.92 Å². The molecule has 0 aromatic heterocycles. The van der Waals surface area contributed by atoms with Crippen LogP contribution in [0.1, 0.15) is 45.4 Å². The molecule has 2 aliphatic heterocycles. The topological polar surface area (TPSA) is 52.7 Å². The van der Waals surface area contributed by atoms with E-state index in [4.69, 9.17) is 23.2 Å². The van der Waals surface area contributed by atoms with Crippen LogP contribution >= 0.6 is 23.2 Å². The molecule has 0 aliphatic carbocycles. The van der Waals surface area contributed by atoms with Gasteiger partial charge in [0.25, 0.3) is 0 Å². The van der Waals surface area contributed by atoms with Gasteiger partial charge in [-0.3, -0.25) is 14.5 Å². The van der Waals surface area contributed by atoms with Crippen LogP contribution in [0.2, 0.25) is 10.0 Å². The molecule has 1 N–H and O–H groups in total. The lowest BCUT2D eigenvalue weighted by Crippen LogP contribution is -2.48. The molecule has 2 aliphatic rings. The first-order valence-electron chi connectivity index (χ1n) is 10.2. The van der Waals surface area contributed by atoms with Gasteiger partial charge in [-0.1, -0.05) is 36.0 Å². The van der Waals surface area contributed by atoms with Gasteiger partial charge in [0.2, 0.25) is 11.8 Å². The van der Waals surface area contributed by atoms with Crippen molar-refractivity contribution in [3.63, 3.8) is 0 Å². The summed E-state index contributed by atoms with van der Waals surface area (Å²) >= 11 is 11.9. The molecule has 0 radical (unpaired) electrons. The number of benzene rings is 1. The normalized spacial score (nSPS) is 20.5. The van der Waals surface area contributed by atoms with Crippen LogP contribution in [0.3, 0.4) is 0 Å². The Balaban J connectivity index is 1.49. The van der Waals surface area contributed by atoms with Crippen molar-refractivity contribution in [2.45, 2.75) is 51.5 Å². The number of anilines is 1. The Labute approximate surface area is 177 Å². The van der Waals surface area contributed by atoms with E-state index >= 15 is 0 Å². The summed E-state index contributed by atoms with van der Waals surface area (Å²) in [5.41, 5.74) is 0.637. The number of hydrogen-bond acceptors (Lipinski definition) is 3. The maximum Gasteiger partial charge on any atom is 0.241 e. The molecule has 1 aromatic carbocycles. The fraction of sp³-hybridized carbons (Fsp3) is 0.619. The van der Waals surface area contributed by atoms with Crippen molar-refractivity contribution in [3.8, 4) is 0 Å². The number of halogens is 2. The summed E-state index contributed by atoms with van der Waals surface area (Å²) in [5, 5.41) is 3.78. The second kappa shape index (κ2) is 9.95. The van der Waals surface area contributed by atoms with Gasteiger partial charge in [-0.05, 0) is 63.9 Å². The van der Waals surface area contributed by atoms with Crippen molar-refractivity contribution in [1.82, 2.24) is 9.80 Å². The Bertz CT molecular complexity index is 697. The van der Waals surface area contributed by atoms with Crippen LogP contribution in [-0.2, 0) is 9.59 Å². The molecule has 28 heavy (non-hydrogen) atoms. The monoisotopic (exact) mass is 425 g/mol. The highest BCUT2D eigenvalue weighted by Gasteiger charge is 2.32. The number of rotatable bonds is 4. The summed E-state index contributed by atoms with van der Waals surface area (Å²) in [7, 11) is 0. The summed E-state index contributed by atoms with van der Waals surface area (Å²) in [6, 6.07) is 4.80. The lowest BCUT2D eigenvalue weighted by molar-refractivity contribution is -0.137. The van der Waals surface area contributed by atoms with Crippen LogP contribution in [0.25, 0.3) is 0 Å². The molecule has 1 atom stereocenters. The lowest BCUT2D eigenvalue weighted by Gasteiger charge is -2.36. The third-order valence-electron chi connectivity index (χ3n) is 5.91. The summed E-state index contributed by atoms with van der Waals surface area (Å²) < 4.78 is 0. The smallest absolute Gasteiger partial charge is 0.241 e. The zero-order valence-corrected chi connectivity index (χ0v) is 17.9. The molecule has 0 saturated carbocycles. The van der Waals surface area contributed by atoms with Crippen molar-refractivity contribution in [3.05, 3.63) is 28.2 Å². The molecule has 2 fully saturated rings. The summed E-state index contributed by atoms with van der Waals surface area (Å²) in [6.07, 6.45) is 6.34. The van der Waals surface area contributed by atoms with E-state index in [1.165, 1.54) is 12.8 Å². The van der Waals surface area contributed by atoms with E-state index in [-0.39, 0.29) is 17.9 Å². The van der Waals surface area contributed by atoms with Crippen molar-refractivity contribution in [1.29, 1.82) is 0 Å². The van der Waals surface area contributed by atoms with Crippen LogP contribution in [0.15, 0.2) is 18.2 Å². The molecule has 2 heterocycles. The highest BCUT2D eigenvalue weighted by molar-refractivity contribution is 6.42. The molecule has 0 spiro atoms. The third-order valence-corrected chi connectivity index (χ3v) is 6.65. The minimum atomic E-state index is -0.260. The fourth-order valence-electron chi connectivity index (χ4n) is 4.07.